The summed E-state index contributed by atoms with van der Waals surface area (Å²) in [4.78, 5) is 2.85. The predicted octanol–water partition coefficient (Wildman–Crippen LogP) is 2.66. The van der Waals surface area contributed by atoms with Crippen LogP contribution in [0, 0.1) is 11.3 Å². The third kappa shape index (κ3) is 3.20. The molecule has 0 aromatic carbocycles. The van der Waals surface area contributed by atoms with E-state index in [1.54, 1.807) is 0 Å². The Labute approximate surface area is 124 Å². The molecule has 3 rings (SSSR count). The van der Waals surface area contributed by atoms with Crippen molar-refractivity contribution in [3.63, 3.8) is 0 Å². The van der Waals surface area contributed by atoms with Gasteiger partial charge in [-0.2, -0.15) is 0 Å². The SMILES string of the molecule is CNCC1(CN2CCCC3CCCCC32)CCCOC1. The molecule has 0 aromatic heterocycles. The van der Waals surface area contributed by atoms with Gasteiger partial charge in [-0.05, 0) is 58.0 Å². The van der Waals surface area contributed by atoms with Crippen LogP contribution in [-0.4, -0.2) is 50.8 Å². The maximum Gasteiger partial charge on any atom is 0.0546 e. The van der Waals surface area contributed by atoms with E-state index in [1.165, 1.54) is 64.5 Å². The summed E-state index contributed by atoms with van der Waals surface area (Å²) >= 11 is 0. The van der Waals surface area contributed by atoms with Crippen LogP contribution in [0.3, 0.4) is 0 Å². The van der Waals surface area contributed by atoms with Crippen molar-refractivity contribution in [2.45, 2.75) is 57.4 Å². The summed E-state index contributed by atoms with van der Waals surface area (Å²) in [6.07, 6.45) is 11.3. The highest BCUT2D eigenvalue weighted by Crippen LogP contribution is 2.38. The van der Waals surface area contributed by atoms with Crippen molar-refractivity contribution in [3.05, 3.63) is 0 Å². The maximum atomic E-state index is 5.85. The summed E-state index contributed by atoms with van der Waals surface area (Å²) in [5.41, 5.74) is 0.367. The van der Waals surface area contributed by atoms with E-state index in [-0.39, 0.29) is 0 Å². The number of piperidine rings is 1. The second kappa shape index (κ2) is 6.76. The highest BCUT2D eigenvalue weighted by Gasteiger charge is 2.39. The molecule has 1 saturated carbocycles. The average Bonchev–Trinajstić information content (AvgIpc) is 2.49. The van der Waals surface area contributed by atoms with Crippen LogP contribution in [-0.2, 0) is 4.74 Å². The smallest absolute Gasteiger partial charge is 0.0546 e. The topological polar surface area (TPSA) is 24.5 Å². The summed E-state index contributed by atoms with van der Waals surface area (Å²) in [6, 6.07) is 0.883. The first-order valence-corrected chi connectivity index (χ1v) is 8.79. The lowest BCUT2D eigenvalue weighted by molar-refractivity contribution is -0.0491. The molecule has 20 heavy (non-hydrogen) atoms. The minimum absolute atomic E-state index is 0.367. The Hall–Kier alpha value is -0.120. The number of nitrogens with one attached hydrogen (secondary N) is 1. The molecule has 3 heteroatoms. The highest BCUT2D eigenvalue weighted by atomic mass is 16.5. The predicted molar refractivity (Wildman–Crippen MR) is 83.0 cm³/mol. The first kappa shape index (κ1) is 14.8. The van der Waals surface area contributed by atoms with E-state index in [4.69, 9.17) is 4.74 Å². The molecule has 2 aliphatic heterocycles. The molecule has 0 bridgehead atoms. The first-order valence-electron chi connectivity index (χ1n) is 8.79. The van der Waals surface area contributed by atoms with E-state index >= 15 is 0 Å². The van der Waals surface area contributed by atoms with E-state index in [2.05, 4.69) is 17.3 Å². The Morgan fingerprint density at radius 1 is 1.15 bits per heavy atom. The molecule has 3 atom stereocenters. The van der Waals surface area contributed by atoms with Gasteiger partial charge in [-0.3, -0.25) is 4.90 Å². The summed E-state index contributed by atoms with van der Waals surface area (Å²) in [5, 5.41) is 3.43. The van der Waals surface area contributed by atoms with Crippen LogP contribution in [0.25, 0.3) is 0 Å². The number of nitrogens with zero attached hydrogens (tertiary/aromatic N) is 1. The van der Waals surface area contributed by atoms with Gasteiger partial charge in [-0.25, -0.2) is 0 Å². The lowest BCUT2D eigenvalue weighted by Crippen LogP contribution is -2.55. The number of ether oxygens (including phenoxy) is 1. The van der Waals surface area contributed by atoms with Crippen LogP contribution in [0.4, 0.5) is 0 Å². The monoisotopic (exact) mass is 280 g/mol. The van der Waals surface area contributed by atoms with E-state index in [1.807, 2.05) is 0 Å². The van der Waals surface area contributed by atoms with Crippen molar-refractivity contribution in [1.29, 1.82) is 0 Å². The number of rotatable bonds is 4. The van der Waals surface area contributed by atoms with Crippen LogP contribution in [0.5, 0.6) is 0 Å². The molecule has 116 valence electrons. The zero-order valence-corrected chi connectivity index (χ0v) is 13.2. The van der Waals surface area contributed by atoms with Gasteiger partial charge >= 0.3 is 0 Å². The summed E-state index contributed by atoms with van der Waals surface area (Å²) < 4.78 is 5.85. The molecule has 1 aliphatic carbocycles. The molecular weight excluding hydrogens is 248 g/mol. The van der Waals surface area contributed by atoms with Gasteiger partial charge in [-0.15, -0.1) is 0 Å². The zero-order chi connectivity index (χ0) is 13.8. The van der Waals surface area contributed by atoms with Gasteiger partial charge in [0.25, 0.3) is 0 Å². The Morgan fingerprint density at radius 3 is 2.80 bits per heavy atom. The Morgan fingerprint density at radius 2 is 2.00 bits per heavy atom. The van der Waals surface area contributed by atoms with Gasteiger partial charge in [0.05, 0.1) is 6.61 Å². The van der Waals surface area contributed by atoms with E-state index in [0.717, 1.165) is 31.7 Å². The minimum Gasteiger partial charge on any atom is -0.381 e. The zero-order valence-electron chi connectivity index (χ0n) is 13.2. The fourth-order valence-corrected chi connectivity index (χ4v) is 4.96. The molecule has 2 saturated heterocycles. The fourth-order valence-electron chi connectivity index (χ4n) is 4.96. The molecular formula is C17H32N2O. The number of hydrogen-bond donors (Lipinski definition) is 1. The lowest BCUT2D eigenvalue weighted by Gasteiger charge is -2.49. The van der Waals surface area contributed by atoms with Crippen molar-refractivity contribution in [3.8, 4) is 0 Å². The number of fused-ring (bicyclic) bond motifs is 1. The molecule has 0 amide bonds. The largest absolute Gasteiger partial charge is 0.381 e. The van der Waals surface area contributed by atoms with Gasteiger partial charge in [0.2, 0.25) is 0 Å². The number of hydrogen-bond acceptors (Lipinski definition) is 3. The van der Waals surface area contributed by atoms with Crippen molar-refractivity contribution in [2.24, 2.45) is 11.3 Å². The Balaban J connectivity index is 1.66. The Kier molecular flexibility index (Phi) is 5.00. The van der Waals surface area contributed by atoms with E-state index in [0.29, 0.717) is 5.41 Å². The number of likely N-dealkylation sites (tertiary alicyclic amines) is 1. The second-order valence-corrected chi connectivity index (χ2v) is 7.41. The third-order valence-corrected chi connectivity index (χ3v) is 5.85. The van der Waals surface area contributed by atoms with Crippen LogP contribution in [0.15, 0.2) is 0 Å². The average molecular weight is 280 g/mol. The minimum atomic E-state index is 0.367. The normalized spacial score (nSPS) is 39.5. The first-order chi connectivity index (χ1) is 9.83. The van der Waals surface area contributed by atoms with Gasteiger partial charge in [0.1, 0.15) is 0 Å². The summed E-state index contributed by atoms with van der Waals surface area (Å²) in [6.45, 7) is 5.63. The van der Waals surface area contributed by atoms with Gasteiger partial charge in [0.15, 0.2) is 0 Å². The van der Waals surface area contributed by atoms with E-state index in [9.17, 15) is 0 Å². The van der Waals surface area contributed by atoms with Crippen molar-refractivity contribution < 1.29 is 4.74 Å². The van der Waals surface area contributed by atoms with Crippen LogP contribution < -0.4 is 5.32 Å². The molecule has 0 spiro atoms. The maximum absolute atomic E-state index is 5.85. The van der Waals surface area contributed by atoms with Gasteiger partial charge in [0, 0.05) is 31.2 Å². The third-order valence-electron chi connectivity index (χ3n) is 5.85. The van der Waals surface area contributed by atoms with Crippen LogP contribution >= 0.6 is 0 Å². The summed E-state index contributed by atoms with van der Waals surface area (Å²) in [7, 11) is 2.09. The van der Waals surface area contributed by atoms with Crippen LogP contribution in [0.1, 0.15) is 51.4 Å². The Bertz CT molecular complexity index is 294. The van der Waals surface area contributed by atoms with E-state index < -0.39 is 0 Å². The molecule has 2 heterocycles. The molecule has 0 radical (unpaired) electrons. The quantitative estimate of drug-likeness (QED) is 0.857. The molecule has 3 unspecified atom stereocenters. The standard InChI is InChI=1S/C17H32N2O/c1-18-12-17(9-5-11-20-14-17)13-19-10-4-7-15-6-2-3-8-16(15)19/h15-16,18H,2-14H2,1H3. The van der Waals surface area contributed by atoms with Crippen molar-refractivity contribution >= 4 is 0 Å². The molecule has 1 N–H and O–H groups in total. The molecule has 0 aromatic rings. The van der Waals surface area contributed by atoms with Gasteiger partial charge < -0.3 is 10.1 Å². The molecule has 3 nitrogen and oxygen atoms in total. The summed E-state index contributed by atoms with van der Waals surface area (Å²) in [5.74, 6) is 0.994. The molecule has 3 fully saturated rings. The lowest BCUT2D eigenvalue weighted by atomic mass is 9.75. The van der Waals surface area contributed by atoms with Gasteiger partial charge in [-0.1, -0.05) is 12.8 Å². The van der Waals surface area contributed by atoms with Crippen molar-refractivity contribution in [2.75, 3.05) is 39.9 Å². The highest BCUT2D eigenvalue weighted by molar-refractivity contribution is 4.93. The fraction of sp³-hybridized carbons (Fsp3) is 1.00. The van der Waals surface area contributed by atoms with Crippen LogP contribution in [0.2, 0.25) is 0 Å². The van der Waals surface area contributed by atoms with Crippen molar-refractivity contribution in [1.82, 2.24) is 10.2 Å². The molecule has 3 aliphatic rings. The second-order valence-electron chi connectivity index (χ2n) is 7.41.